The SMILES string of the molecule is CC(C)C1CN(CCc2ccnn2C)CCCN1. The lowest BCUT2D eigenvalue weighted by Crippen LogP contribution is -2.41. The molecule has 1 aliphatic rings. The molecule has 18 heavy (non-hydrogen) atoms. The van der Waals surface area contributed by atoms with Crippen LogP contribution in [-0.2, 0) is 13.5 Å². The lowest BCUT2D eigenvalue weighted by molar-refractivity contribution is 0.247. The zero-order chi connectivity index (χ0) is 13.0. The van der Waals surface area contributed by atoms with Gasteiger partial charge in [-0.2, -0.15) is 5.10 Å². The molecule has 1 N–H and O–H groups in total. The van der Waals surface area contributed by atoms with Crippen molar-refractivity contribution in [3.05, 3.63) is 18.0 Å². The third-order valence-corrected chi connectivity index (χ3v) is 3.92. The Morgan fingerprint density at radius 3 is 3.00 bits per heavy atom. The highest BCUT2D eigenvalue weighted by Crippen LogP contribution is 2.09. The molecule has 1 unspecified atom stereocenters. The lowest BCUT2D eigenvalue weighted by Gasteiger charge is -2.26. The maximum Gasteiger partial charge on any atom is 0.0492 e. The third kappa shape index (κ3) is 3.56. The molecule has 4 heteroatoms. The molecule has 0 aliphatic carbocycles. The molecule has 1 atom stereocenters. The molecular weight excluding hydrogens is 224 g/mol. The quantitative estimate of drug-likeness (QED) is 0.874. The first kappa shape index (κ1) is 13.6. The van der Waals surface area contributed by atoms with Gasteiger partial charge in [-0.3, -0.25) is 4.68 Å². The van der Waals surface area contributed by atoms with Gasteiger partial charge < -0.3 is 10.2 Å². The summed E-state index contributed by atoms with van der Waals surface area (Å²) in [6, 6.07) is 2.76. The molecule has 0 aromatic carbocycles. The number of aryl methyl sites for hydroxylation is 1. The predicted molar refractivity (Wildman–Crippen MR) is 74.6 cm³/mol. The maximum atomic E-state index is 4.23. The van der Waals surface area contributed by atoms with Crippen molar-refractivity contribution in [2.24, 2.45) is 13.0 Å². The Balaban J connectivity index is 1.86. The number of hydrogen-bond donors (Lipinski definition) is 1. The zero-order valence-corrected chi connectivity index (χ0v) is 11.9. The van der Waals surface area contributed by atoms with Crippen molar-refractivity contribution >= 4 is 0 Å². The van der Waals surface area contributed by atoms with E-state index in [-0.39, 0.29) is 0 Å². The fourth-order valence-corrected chi connectivity index (χ4v) is 2.59. The zero-order valence-electron chi connectivity index (χ0n) is 11.9. The molecule has 1 aromatic rings. The Hall–Kier alpha value is -0.870. The lowest BCUT2D eigenvalue weighted by atomic mass is 10.0. The average Bonchev–Trinajstić information content (AvgIpc) is 2.62. The molecule has 4 nitrogen and oxygen atoms in total. The van der Waals surface area contributed by atoms with Gasteiger partial charge in [0.1, 0.15) is 0 Å². The van der Waals surface area contributed by atoms with Gasteiger partial charge in [-0.1, -0.05) is 13.8 Å². The Kier molecular flexibility index (Phi) is 4.78. The second kappa shape index (κ2) is 6.34. The first-order valence-corrected chi connectivity index (χ1v) is 7.09. The van der Waals surface area contributed by atoms with Crippen LogP contribution in [0.1, 0.15) is 26.0 Å². The number of rotatable bonds is 4. The van der Waals surface area contributed by atoms with Crippen LogP contribution in [0.3, 0.4) is 0 Å². The van der Waals surface area contributed by atoms with Gasteiger partial charge in [0.15, 0.2) is 0 Å². The summed E-state index contributed by atoms with van der Waals surface area (Å²) in [6.07, 6.45) is 4.24. The van der Waals surface area contributed by atoms with E-state index in [4.69, 9.17) is 0 Å². The van der Waals surface area contributed by atoms with Crippen LogP contribution in [0.2, 0.25) is 0 Å². The van der Waals surface area contributed by atoms with Gasteiger partial charge in [-0.05, 0) is 31.5 Å². The van der Waals surface area contributed by atoms with Crippen LogP contribution in [0.15, 0.2) is 12.3 Å². The minimum Gasteiger partial charge on any atom is -0.312 e. The van der Waals surface area contributed by atoms with Crippen molar-refractivity contribution in [2.75, 3.05) is 26.2 Å². The van der Waals surface area contributed by atoms with Crippen LogP contribution in [0, 0.1) is 5.92 Å². The molecule has 1 aromatic heterocycles. The summed E-state index contributed by atoms with van der Waals surface area (Å²) in [6.45, 7) is 9.31. The van der Waals surface area contributed by atoms with Crippen molar-refractivity contribution < 1.29 is 0 Å². The van der Waals surface area contributed by atoms with Gasteiger partial charge in [0.2, 0.25) is 0 Å². The summed E-state index contributed by atoms with van der Waals surface area (Å²) in [5.41, 5.74) is 1.33. The van der Waals surface area contributed by atoms with Gasteiger partial charge >= 0.3 is 0 Å². The van der Waals surface area contributed by atoms with Crippen molar-refractivity contribution in [2.45, 2.75) is 32.7 Å². The Morgan fingerprint density at radius 1 is 1.50 bits per heavy atom. The number of nitrogens with zero attached hydrogens (tertiary/aromatic N) is 3. The van der Waals surface area contributed by atoms with Gasteiger partial charge in [0.25, 0.3) is 0 Å². The fourth-order valence-electron chi connectivity index (χ4n) is 2.59. The summed E-state index contributed by atoms with van der Waals surface area (Å²) in [7, 11) is 2.02. The van der Waals surface area contributed by atoms with E-state index in [1.165, 1.54) is 25.2 Å². The smallest absolute Gasteiger partial charge is 0.0492 e. The molecular formula is C14H26N4. The molecule has 0 amide bonds. The van der Waals surface area contributed by atoms with E-state index < -0.39 is 0 Å². The second-order valence-electron chi connectivity index (χ2n) is 5.65. The monoisotopic (exact) mass is 250 g/mol. The number of nitrogens with one attached hydrogen (secondary N) is 1. The predicted octanol–water partition coefficient (Wildman–Crippen LogP) is 1.28. The summed E-state index contributed by atoms with van der Waals surface area (Å²) in [5, 5.41) is 7.88. The van der Waals surface area contributed by atoms with E-state index in [2.05, 4.69) is 35.2 Å². The van der Waals surface area contributed by atoms with E-state index >= 15 is 0 Å². The molecule has 0 bridgehead atoms. The largest absolute Gasteiger partial charge is 0.312 e. The van der Waals surface area contributed by atoms with Gasteiger partial charge in [-0.25, -0.2) is 0 Å². The van der Waals surface area contributed by atoms with E-state index in [0.717, 1.165) is 19.5 Å². The van der Waals surface area contributed by atoms with E-state index in [1.54, 1.807) is 0 Å². The molecule has 1 fully saturated rings. The molecule has 2 heterocycles. The van der Waals surface area contributed by atoms with Crippen molar-refractivity contribution in [1.29, 1.82) is 0 Å². The highest BCUT2D eigenvalue weighted by atomic mass is 15.3. The van der Waals surface area contributed by atoms with E-state index in [0.29, 0.717) is 12.0 Å². The highest BCUT2D eigenvalue weighted by Gasteiger charge is 2.19. The van der Waals surface area contributed by atoms with Crippen LogP contribution < -0.4 is 5.32 Å². The van der Waals surface area contributed by atoms with Crippen molar-refractivity contribution in [3.8, 4) is 0 Å². The van der Waals surface area contributed by atoms with Crippen LogP contribution >= 0.6 is 0 Å². The topological polar surface area (TPSA) is 33.1 Å². The Labute approximate surface area is 110 Å². The highest BCUT2D eigenvalue weighted by molar-refractivity contribution is 5.00. The van der Waals surface area contributed by atoms with Crippen molar-refractivity contribution in [1.82, 2.24) is 20.0 Å². The molecule has 0 saturated carbocycles. The first-order valence-electron chi connectivity index (χ1n) is 7.09. The minimum absolute atomic E-state index is 0.638. The average molecular weight is 250 g/mol. The van der Waals surface area contributed by atoms with Crippen LogP contribution in [-0.4, -0.2) is 46.9 Å². The van der Waals surface area contributed by atoms with E-state index in [9.17, 15) is 0 Å². The molecule has 1 aliphatic heterocycles. The van der Waals surface area contributed by atoms with E-state index in [1.807, 2.05) is 17.9 Å². The summed E-state index contributed by atoms with van der Waals surface area (Å²) >= 11 is 0. The summed E-state index contributed by atoms with van der Waals surface area (Å²) in [5.74, 6) is 0.710. The maximum absolute atomic E-state index is 4.23. The van der Waals surface area contributed by atoms with Gasteiger partial charge in [0.05, 0.1) is 0 Å². The fraction of sp³-hybridized carbons (Fsp3) is 0.786. The Morgan fingerprint density at radius 2 is 2.33 bits per heavy atom. The second-order valence-corrected chi connectivity index (χ2v) is 5.65. The molecule has 0 radical (unpaired) electrons. The van der Waals surface area contributed by atoms with Crippen LogP contribution in [0.4, 0.5) is 0 Å². The Bertz CT molecular complexity index is 358. The van der Waals surface area contributed by atoms with Gasteiger partial charge in [-0.15, -0.1) is 0 Å². The molecule has 1 saturated heterocycles. The summed E-state index contributed by atoms with van der Waals surface area (Å²) in [4.78, 5) is 2.59. The normalized spacial score (nSPS) is 22.3. The first-order chi connectivity index (χ1) is 8.66. The summed E-state index contributed by atoms with van der Waals surface area (Å²) < 4.78 is 1.98. The standard InChI is InChI=1S/C14H26N4/c1-12(2)14-11-18(9-4-7-15-14)10-6-13-5-8-16-17(13)3/h5,8,12,14-15H,4,6-7,9-11H2,1-3H3. The van der Waals surface area contributed by atoms with Crippen molar-refractivity contribution in [3.63, 3.8) is 0 Å². The van der Waals surface area contributed by atoms with Gasteiger partial charge in [0, 0.05) is 44.5 Å². The molecule has 102 valence electrons. The molecule has 0 spiro atoms. The third-order valence-electron chi connectivity index (χ3n) is 3.92. The number of hydrogen-bond acceptors (Lipinski definition) is 3. The number of aromatic nitrogens is 2. The minimum atomic E-state index is 0.638. The van der Waals surface area contributed by atoms with Crippen LogP contribution in [0.5, 0.6) is 0 Å². The molecule has 2 rings (SSSR count). The van der Waals surface area contributed by atoms with Crippen LogP contribution in [0.25, 0.3) is 0 Å².